The molecule has 0 heterocycles. The van der Waals surface area contributed by atoms with Crippen LogP contribution < -0.4 is 5.73 Å². The van der Waals surface area contributed by atoms with E-state index in [0.717, 1.165) is 0 Å². The first-order valence-corrected chi connectivity index (χ1v) is 13.4. The first-order chi connectivity index (χ1) is 22.4. The van der Waals surface area contributed by atoms with Gasteiger partial charge in [0.2, 0.25) is 22.8 Å². The van der Waals surface area contributed by atoms with Crippen molar-refractivity contribution < 1.29 is 74.4 Å². The van der Waals surface area contributed by atoms with Gasteiger partial charge in [0.15, 0.2) is 11.6 Å². The smallest absolute Gasteiger partial charge is 0.335 e. The van der Waals surface area contributed by atoms with Gasteiger partial charge in [-0.05, 0) is 48.6 Å². The van der Waals surface area contributed by atoms with Crippen LogP contribution in [0.4, 0.5) is 5.69 Å². The quantitative estimate of drug-likeness (QED) is 0.0333. The molecular formula is C32H41NO15. The number of carboxylic acids is 1. The van der Waals surface area contributed by atoms with Crippen molar-refractivity contribution in [2.24, 2.45) is 10.8 Å². The summed E-state index contributed by atoms with van der Waals surface area (Å²) in [5, 5.41) is 73.8. The van der Waals surface area contributed by atoms with Crippen LogP contribution >= 0.6 is 0 Å². The number of aliphatic hydroxyl groups is 7. The predicted octanol–water partition coefficient (Wildman–Crippen LogP) is -1.91. The number of nitrogen functional groups attached to an aromatic ring is 1. The van der Waals surface area contributed by atoms with Gasteiger partial charge >= 0.3 is 11.9 Å². The lowest BCUT2D eigenvalue weighted by molar-refractivity contribution is -0.222. The van der Waals surface area contributed by atoms with Crippen molar-refractivity contribution in [3.8, 4) is 0 Å². The van der Waals surface area contributed by atoms with E-state index in [1.54, 1.807) is 12.1 Å². The second kappa shape index (κ2) is 20.3. The summed E-state index contributed by atoms with van der Waals surface area (Å²) in [6.45, 7) is 10.9. The molecule has 264 valence electrons. The maximum absolute atomic E-state index is 12.8. The Bertz CT molecular complexity index is 1300. The van der Waals surface area contributed by atoms with E-state index >= 15 is 0 Å². The molecule has 16 nitrogen and oxygen atoms in total. The minimum atomic E-state index is -3.50. The number of nitrogens with two attached hydrogens (primary N) is 1. The Balaban J connectivity index is 0. The van der Waals surface area contributed by atoms with Crippen LogP contribution in [0.2, 0.25) is 0 Å². The van der Waals surface area contributed by atoms with Crippen molar-refractivity contribution >= 4 is 40.8 Å². The van der Waals surface area contributed by atoms with Gasteiger partial charge in [-0.2, -0.15) is 0 Å². The van der Waals surface area contributed by atoms with Gasteiger partial charge in [-0.1, -0.05) is 32.9 Å². The van der Waals surface area contributed by atoms with Crippen LogP contribution in [0.1, 0.15) is 10.4 Å². The molecule has 48 heavy (non-hydrogen) atoms. The average molecular weight is 680 g/mol. The van der Waals surface area contributed by atoms with Gasteiger partial charge in [-0.15, -0.1) is 0 Å². The third kappa shape index (κ3) is 9.33. The highest BCUT2D eigenvalue weighted by Crippen LogP contribution is 2.47. The van der Waals surface area contributed by atoms with Crippen LogP contribution in [0.5, 0.6) is 0 Å². The molecule has 0 atom stereocenters. The van der Waals surface area contributed by atoms with Crippen LogP contribution in [0.3, 0.4) is 0 Å². The molecule has 0 saturated heterocycles. The molecule has 0 aliphatic rings. The van der Waals surface area contributed by atoms with E-state index in [0.29, 0.717) is 36.1 Å². The second-order valence-corrected chi connectivity index (χ2v) is 9.75. The molecule has 0 radical (unpaired) electrons. The van der Waals surface area contributed by atoms with Gasteiger partial charge in [0.25, 0.3) is 0 Å². The standard InChI is InChI=1S/C20H22O9.C7H7NO2.C5H12O4/c1-6-13(23)19(28,14(24)7-2)18(11-21,12-22)20(15(25)8-3,16(26)9-4)29-17(27)10-5;8-6-3-1-5(2-4-6)7(9)10;6-1-5(2-7,3-8)4-9/h6-10,21-22,28H,1-5,11-12H2;1-4H,8H2,(H,9,10);6-9H,1-4H2. The third-order valence-electron chi connectivity index (χ3n) is 6.97. The number of aliphatic hydroxyl groups excluding tert-OH is 6. The number of aromatic carboxylic acids is 1. The highest BCUT2D eigenvalue weighted by Gasteiger charge is 2.74. The van der Waals surface area contributed by atoms with Gasteiger partial charge < -0.3 is 51.3 Å². The number of hydrogen-bond donors (Lipinski definition) is 9. The molecule has 1 aromatic carbocycles. The Morgan fingerprint density at radius 2 is 0.979 bits per heavy atom. The average Bonchev–Trinajstić information content (AvgIpc) is 3.11. The summed E-state index contributed by atoms with van der Waals surface area (Å²) >= 11 is 0. The molecule has 1 rings (SSSR count). The van der Waals surface area contributed by atoms with E-state index in [4.69, 9.17) is 36.0 Å². The number of benzene rings is 1. The summed E-state index contributed by atoms with van der Waals surface area (Å²) in [6, 6.07) is 6.06. The Morgan fingerprint density at radius 1 is 0.625 bits per heavy atom. The zero-order valence-corrected chi connectivity index (χ0v) is 26.0. The van der Waals surface area contributed by atoms with Gasteiger partial charge in [0, 0.05) is 11.8 Å². The second-order valence-electron chi connectivity index (χ2n) is 9.75. The first-order valence-electron chi connectivity index (χ1n) is 13.4. The van der Waals surface area contributed by atoms with E-state index in [9.17, 15) is 44.1 Å². The fraction of sp³-hybridized carbons (Fsp3) is 0.312. The van der Waals surface area contributed by atoms with Gasteiger partial charge in [-0.25, -0.2) is 9.59 Å². The van der Waals surface area contributed by atoms with E-state index in [1.165, 1.54) is 12.1 Å². The van der Waals surface area contributed by atoms with Crippen LogP contribution in [-0.2, 0) is 28.7 Å². The molecule has 0 fully saturated rings. The van der Waals surface area contributed by atoms with Gasteiger partial charge in [0.05, 0.1) is 50.6 Å². The molecule has 16 heteroatoms. The number of anilines is 1. The highest BCUT2D eigenvalue weighted by atomic mass is 16.6. The molecule has 0 aromatic heterocycles. The van der Waals surface area contributed by atoms with E-state index in [-0.39, 0.29) is 5.56 Å². The lowest BCUT2D eigenvalue weighted by atomic mass is 9.56. The lowest BCUT2D eigenvalue weighted by Gasteiger charge is -2.50. The number of rotatable bonds is 19. The minimum Gasteiger partial charge on any atom is -0.478 e. The maximum Gasteiger partial charge on any atom is 0.335 e. The number of esters is 1. The molecule has 1 aromatic rings. The summed E-state index contributed by atoms with van der Waals surface area (Å²) in [6.07, 6.45) is 2.41. The Kier molecular flexibility index (Phi) is 19.1. The number of carbonyl (C=O) groups excluding carboxylic acids is 5. The van der Waals surface area contributed by atoms with E-state index in [1.807, 2.05) is 0 Å². The van der Waals surface area contributed by atoms with Gasteiger partial charge in [0.1, 0.15) is 5.41 Å². The van der Waals surface area contributed by atoms with Crippen molar-refractivity contribution in [2.45, 2.75) is 11.2 Å². The fourth-order valence-corrected chi connectivity index (χ4v) is 3.84. The van der Waals surface area contributed by atoms with E-state index in [2.05, 4.69) is 32.9 Å². The normalized spacial score (nSPS) is 11.1. The van der Waals surface area contributed by atoms with Crippen molar-refractivity contribution in [3.63, 3.8) is 0 Å². The molecule has 0 aliphatic heterocycles. The summed E-state index contributed by atoms with van der Waals surface area (Å²) in [4.78, 5) is 72.9. The zero-order valence-electron chi connectivity index (χ0n) is 26.0. The number of ketones is 4. The minimum absolute atomic E-state index is 0.259. The Hall–Kier alpha value is -4.94. The van der Waals surface area contributed by atoms with Crippen LogP contribution in [-0.4, -0.2) is 127 Å². The largest absolute Gasteiger partial charge is 0.478 e. The molecule has 0 saturated carbocycles. The Morgan fingerprint density at radius 3 is 1.21 bits per heavy atom. The Labute approximate surface area is 275 Å². The summed E-state index contributed by atoms with van der Waals surface area (Å²) in [7, 11) is 0. The summed E-state index contributed by atoms with van der Waals surface area (Å²) in [5.74, 6) is -8.31. The third-order valence-corrected chi connectivity index (χ3v) is 6.97. The summed E-state index contributed by atoms with van der Waals surface area (Å²) < 4.78 is 4.92. The molecule has 0 spiro atoms. The fourth-order valence-electron chi connectivity index (χ4n) is 3.84. The lowest BCUT2D eigenvalue weighted by Crippen LogP contribution is -2.76. The number of hydrogen-bond acceptors (Lipinski definition) is 15. The highest BCUT2D eigenvalue weighted by molar-refractivity contribution is 6.25. The molecule has 10 N–H and O–H groups in total. The number of carboxylic acid groups (broad SMARTS) is 1. The summed E-state index contributed by atoms with van der Waals surface area (Å²) in [5.41, 5.74) is -4.90. The molecule has 0 bridgehead atoms. The van der Waals surface area contributed by atoms with E-state index < -0.39 is 96.7 Å². The first kappa shape index (κ1) is 45.2. The van der Waals surface area contributed by atoms with Crippen molar-refractivity contribution in [3.05, 3.63) is 93.1 Å². The molecule has 0 amide bonds. The van der Waals surface area contributed by atoms with Crippen LogP contribution in [0.25, 0.3) is 0 Å². The number of carbonyl (C=O) groups is 6. The molecule has 0 aliphatic carbocycles. The van der Waals surface area contributed by atoms with Crippen molar-refractivity contribution in [1.29, 1.82) is 0 Å². The zero-order chi connectivity index (χ0) is 37.9. The van der Waals surface area contributed by atoms with Crippen LogP contribution in [0.15, 0.2) is 87.5 Å². The number of ether oxygens (including phenoxy) is 1. The molecule has 0 unspecified atom stereocenters. The topological polar surface area (TPSA) is 300 Å². The van der Waals surface area contributed by atoms with Crippen molar-refractivity contribution in [1.82, 2.24) is 0 Å². The SMILES string of the molecule is C=CC(=O)OC(C(=O)C=C)(C(=O)C=C)C(CO)(CO)C(O)(C(=O)C=C)C(=O)C=C.Nc1ccc(C(=O)O)cc1.OCC(CO)(CO)CO. The van der Waals surface area contributed by atoms with Gasteiger partial charge in [-0.3, -0.25) is 19.2 Å². The van der Waals surface area contributed by atoms with Crippen LogP contribution in [0, 0.1) is 10.8 Å². The van der Waals surface area contributed by atoms with Crippen molar-refractivity contribution in [2.75, 3.05) is 45.4 Å². The predicted molar refractivity (Wildman–Crippen MR) is 170 cm³/mol. The monoisotopic (exact) mass is 679 g/mol. The maximum atomic E-state index is 12.8. The molecular weight excluding hydrogens is 638 g/mol.